The summed E-state index contributed by atoms with van der Waals surface area (Å²) in [6.07, 6.45) is 5.15. The first-order valence-corrected chi connectivity index (χ1v) is 9.96. The van der Waals surface area contributed by atoms with Gasteiger partial charge in [0, 0.05) is 18.8 Å². The lowest BCUT2D eigenvalue weighted by molar-refractivity contribution is -0.151. The number of hydrogen-bond acceptors (Lipinski definition) is 4. The van der Waals surface area contributed by atoms with Gasteiger partial charge in [0.15, 0.2) is 0 Å². The summed E-state index contributed by atoms with van der Waals surface area (Å²) in [5.74, 6) is 1.71. The van der Waals surface area contributed by atoms with Crippen LogP contribution in [0.2, 0.25) is 0 Å². The van der Waals surface area contributed by atoms with Gasteiger partial charge in [-0.25, -0.2) is 0 Å². The molecule has 0 N–H and O–H groups in total. The molecular weight excluding hydrogens is 316 g/mol. The maximum Gasteiger partial charge on any atom is 0.305 e. The first-order valence-electron chi connectivity index (χ1n) is 9.96. The highest BCUT2D eigenvalue weighted by Crippen LogP contribution is 2.52. The SMILES string of the molecule is COC(=O)CC[C@@H](C)[C@H]1CCC2C(C)C(=O)C[C@@H](C)C[C@H](C)OC21C. The lowest BCUT2D eigenvalue weighted by Gasteiger charge is -2.43. The summed E-state index contributed by atoms with van der Waals surface area (Å²) in [7, 11) is 1.44. The fourth-order valence-corrected chi connectivity index (χ4v) is 5.51. The zero-order valence-electron chi connectivity index (χ0n) is 16.8. The predicted molar refractivity (Wildman–Crippen MR) is 98.1 cm³/mol. The van der Waals surface area contributed by atoms with E-state index in [2.05, 4.69) is 34.6 Å². The Balaban J connectivity index is 2.21. The number of esters is 1. The minimum absolute atomic E-state index is 0.0514. The molecule has 144 valence electrons. The van der Waals surface area contributed by atoms with E-state index in [0.717, 1.165) is 25.7 Å². The van der Waals surface area contributed by atoms with E-state index < -0.39 is 0 Å². The molecule has 2 fully saturated rings. The molecule has 0 aromatic heterocycles. The number of carbonyl (C=O) groups is 2. The zero-order chi connectivity index (χ0) is 18.8. The summed E-state index contributed by atoms with van der Waals surface area (Å²) < 4.78 is 11.5. The van der Waals surface area contributed by atoms with E-state index in [1.54, 1.807) is 0 Å². The molecule has 2 rings (SSSR count). The fraction of sp³-hybridized carbons (Fsp3) is 0.905. The van der Waals surface area contributed by atoms with Gasteiger partial charge in [0.25, 0.3) is 0 Å². The Kier molecular flexibility index (Phi) is 6.69. The molecule has 7 atom stereocenters. The molecule has 0 aromatic carbocycles. The van der Waals surface area contributed by atoms with Crippen LogP contribution in [0.5, 0.6) is 0 Å². The molecule has 0 amide bonds. The third kappa shape index (κ3) is 4.45. The molecular formula is C21H36O4. The van der Waals surface area contributed by atoms with Gasteiger partial charge in [-0.1, -0.05) is 20.8 Å². The van der Waals surface area contributed by atoms with E-state index in [0.29, 0.717) is 36.4 Å². The zero-order valence-corrected chi connectivity index (χ0v) is 16.8. The quantitative estimate of drug-likeness (QED) is 0.704. The van der Waals surface area contributed by atoms with Crippen molar-refractivity contribution in [3.05, 3.63) is 0 Å². The number of ketones is 1. The second kappa shape index (κ2) is 8.20. The average Bonchev–Trinajstić information content (AvgIpc) is 2.87. The van der Waals surface area contributed by atoms with Crippen LogP contribution in [0.1, 0.15) is 73.1 Å². The standard InChI is InChI=1S/C21H36O4/c1-13-11-15(3)25-21(5)17(14(2)7-10-20(23)24-6)8-9-18(21)16(4)19(22)12-13/h13-18H,7-12H2,1-6H3/t13-,14+,15-,16?,17+,18?,21?/m0/s1. The number of Topliss-reactive ketones (excluding diaryl/α,β-unsaturated/α-hetero) is 1. The van der Waals surface area contributed by atoms with Gasteiger partial charge in [-0.15, -0.1) is 0 Å². The highest BCUT2D eigenvalue weighted by molar-refractivity contribution is 5.81. The van der Waals surface area contributed by atoms with Crippen molar-refractivity contribution in [3.8, 4) is 0 Å². The maximum atomic E-state index is 12.7. The van der Waals surface area contributed by atoms with E-state index in [1.165, 1.54) is 7.11 Å². The largest absolute Gasteiger partial charge is 0.469 e. The molecule has 1 saturated heterocycles. The van der Waals surface area contributed by atoms with Crippen LogP contribution >= 0.6 is 0 Å². The van der Waals surface area contributed by atoms with Gasteiger partial charge in [-0.2, -0.15) is 0 Å². The number of ether oxygens (including phenoxy) is 2. The van der Waals surface area contributed by atoms with Crippen molar-refractivity contribution in [2.45, 2.75) is 84.8 Å². The summed E-state index contributed by atoms with van der Waals surface area (Å²) in [4.78, 5) is 24.3. The Bertz CT molecular complexity index is 488. The topological polar surface area (TPSA) is 52.6 Å². The molecule has 1 heterocycles. The molecule has 1 aliphatic carbocycles. The monoisotopic (exact) mass is 352 g/mol. The second-order valence-electron chi connectivity index (χ2n) is 8.79. The van der Waals surface area contributed by atoms with Gasteiger partial charge in [0.2, 0.25) is 0 Å². The normalized spacial score (nSPS) is 40.6. The Morgan fingerprint density at radius 2 is 2.00 bits per heavy atom. The van der Waals surface area contributed by atoms with E-state index in [1.807, 2.05) is 0 Å². The first kappa shape index (κ1) is 20.4. The van der Waals surface area contributed by atoms with Gasteiger partial charge < -0.3 is 9.47 Å². The predicted octanol–water partition coefficient (Wildman–Crippen LogP) is 4.40. The first-order chi connectivity index (χ1) is 11.7. The number of methoxy groups -OCH3 is 1. The number of rotatable bonds is 4. The summed E-state index contributed by atoms with van der Waals surface area (Å²) in [5.41, 5.74) is -0.284. The molecule has 0 radical (unpaired) electrons. The summed E-state index contributed by atoms with van der Waals surface area (Å²) in [6.45, 7) is 10.8. The lowest BCUT2D eigenvalue weighted by Crippen LogP contribution is -2.47. The van der Waals surface area contributed by atoms with Gasteiger partial charge in [0.1, 0.15) is 5.78 Å². The Morgan fingerprint density at radius 3 is 2.64 bits per heavy atom. The van der Waals surface area contributed by atoms with Gasteiger partial charge in [-0.3, -0.25) is 9.59 Å². The van der Waals surface area contributed by atoms with E-state index in [4.69, 9.17) is 9.47 Å². The van der Waals surface area contributed by atoms with Crippen LogP contribution in [0.15, 0.2) is 0 Å². The average molecular weight is 353 g/mol. The van der Waals surface area contributed by atoms with Crippen LogP contribution in [-0.2, 0) is 19.1 Å². The summed E-state index contributed by atoms with van der Waals surface area (Å²) >= 11 is 0. The van der Waals surface area contributed by atoms with Crippen molar-refractivity contribution in [1.29, 1.82) is 0 Å². The second-order valence-corrected chi connectivity index (χ2v) is 8.79. The van der Waals surface area contributed by atoms with E-state index in [-0.39, 0.29) is 29.5 Å². The van der Waals surface area contributed by atoms with Crippen molar-refractivity contribution < 1.29 is 19.1 Å². The molecule has 4 heteroatoms. The highest BCUT2D eigenvalue weighted by Gasteiger charge is 2.53. The highest BCUT2D eigenvalue weighted by atomic mass is 16.5. The van der Waals surface area contributed by atoms with Crippen molar-refractivity contribution in [3.63, 3.8) is 0 Å². The maximum absolute atomic E-state index is 12.7. The fourth-order valence-electron chi connectivity index (χ4n) is 5.51. The third-order valence-corrected chi connectivity index (χ3v) is 6.83. The molecule has 1 aliphatic heterocycles. The van der Waals surface area contributed by atoms with Crippen LogP contribution in [0, 0.1) is 29.6 Å². The van der Waals surface area contributed by atoms with Crippen molar-refractivity contribution in [2.75, 3.05) is 7.11 Å². The molecule has 2 aliphatic rings. The van der Waals surface area contributed by atoms with Crippen molar-refractivity contribution in [1.82, 2.24) is 0 Å². The van der Waals surface area contributed by atoms with Crippen molar-refractivity contribution >= 4 is 11.8 Å². The van der Waals surface area contributed by atoms with E-state index >= 15 is 0 Å². The molecule has 1 saturated carbocycles. The Hall–Kier alpha value is -0.900. The van der Waals surface area contributed by atoms with Gasteiger partial charge in [-0.05, 0) is 63.2 Å². The summed E-state index contributed by atoms with van der Waals surface area (Å²) in [5, 5.41) is 0. The molecule has 3 unspecified atom stereocenters. The minimum atomic E-state index is -0.284. The van der Waals surface area contributed by atoms with Crippen molar-refractivity contribution in [2.24, 2.45) is 29.6 Å². The Labute approximate surface area is 153 Å². The summed E-state index contributed by atoms with van der Waals surface area (Å²) in [6, 6.07) is 0. The van der Waals surface area contributed by atoms with Crippen LogP contribution in [0.4, 0.5) is 0 Å². The number of carbonyl (C=O) groups excluding carboxylic acids is 2. The van der Waals surface area contributed by atoms with E-state index in [9.17, 15) is 9.59 Å². The van der Waals surface area contributed by atoms with Crippen LogP contribution < -0.4 is 0 Å². The molecule has 0 spiro atoms. The number of fused-ring (bicyclic) bond motifs is 1. The van der Waals surface area contributed by atoms with Crippen LogP contribution in [0.3, 0.4) is 0 Å². The van der Waals surface area contributed by atoms with Gasteiger partial charge in [0.05, 0.1) is 18.8 Å². The third-order valence-electron chi connectivity index (χ3n) is 6.83. The number of hydrogen-bond donors (Lipinski definition) is 0. The minimum Gasteiger partial charge on any atom is -0.469 e. The Morgan fingerprint density at radius 1 is 1.32 bits per heavy atom. The van der Waals surface area contributed by atoms with Crippen LogP contribution in [-0.4, -0.2) is 30.6 Å². The smallest absolute Gasteiger partial charge is 0.305 e. The van der Waals surface area contributed by atoms with Crippen LogP contribution in [0.25, 0.3) is 0 Å². The van der Waals surface area contributed by atoms with Gasteiger partial charge >= 0.3 is 5.97 Å². The molecule has 4 nitrogen and oxygen atoms in total. The molecule has 25 heavy (non-hydrogen) atoms. The molecule has 0 bridgehead atoms. The molecule has 0 aromatic rings. The lowest BCUT2D eigenvalue weighted by atomic mass is 9.72.